The van der Waals surface area contributed by atoms with Crippen molar-refractivity contribution in [2.24, 2.45) is 5.92 Å². The lowest BCUT2D eigenvalue weighted by Gasteiger charge is -2.29. The zero-order valence-electron chi connectivity index (χ0n) is 16.0. The summed E-state index contributed by atoms with van der Waals surface area (Å²) >= 11 is 0. The Morgan fingerprint density at radius 3 is 2.44 bits per heavy atom. The fourth-order valence-corrected chi connectivity index (χ4v) is 3.81. The molecule has 1 aliphatic rings. The molecule has 27 heavy (non-hydrogen) atoms. The zero-order valence-corrected chi connectivity index (χ0v) is 16.0. The van der Waals surface area contributed by atoms with E-state index in [-0.39, 0.29) is 11.1 Å². The van der Waals surface area contributed by atoms with Crippen LogP contribution in [0.2, 0.25) is 0 Å². The van der Waals surface area contributed by atoms with Gasteiger partial charge in [0, 0.05) is 11.1 Å². The van der Waals surface area contributed by atoms with E-state index in [1.807, 2.05) is 6.92 Å². The minimum Gasteiger partial charge on any atom is -0.373 e. The van der Waals surface area contributed by atoms with Gasteiger partial charge in [0.15, 0.2) is 11.6 Å². The summed E-state index contributed by atoms with van der Waals surface area (Å²) in [5, 5.41) is 0. The van der Waals surface area contributed by atoms with Gasteiger partial charge in [-0.05, 0) is 48.8 Å². The quantitative estimate of drug-likeness (QED) is 0.528. The first-order valence-electron chi connectivity index (χ1n) is 9.93. The van der Waals surface area contributed by atoms with Crippen LogP contribution in [-0.4, -0.2) is 6.61 Å². The molecule has 1 fully saturated rings. The number of aryl methyl sites for hydroxylation is 1. The van der Waals surface area contributed by atoms with Gasteiger partial charge in [-0.15, -0.1) is 0 Å². The number of unbranched alkanes of at least 4 members (excludes halogenated alkanes) is 1. The highest BCUT2D eigenvalue weighted by Crippen LogP contribution is 2.36. The van der Waals surface area contributed by atoms with E-state index in [0.717, 1.165) is 19.3 Å². The molecule has 0 bridgehead atoms. The van der Waals surface area contributed by atoms with Crippen LogP contribution in [0.4, 0.5) is 13.2 Å². The van der Waals surface area contributed by atoms with E-state index in [0.29, 0.717) is 36.5 Å². The summed E-state index contributed by atoms with van der Waals surface area (Å²) in [7, 11) is 0. The minimum atomic E-state index is -0.937. The first-order chi connectivity index (χ1) is 13.0. The SMILES string of the molecule is CCCCC1CCC(c2ccc(-c3ccc(CC)c(F)c3)c(F)c2F)OC1. The maximum absolute atomic E-state index is 14.7. The third-order valence-corrected chi connectivity index (χ3v) is 5.54. The molecule has 3 rings (SSSR count). The van der Waals surface area contributed by atoms with Crippen molar-refractivity contribution in [1.82, 2.24) is 0 Å². The summed E-state index contributed by atoms with van der Waals surface area (Å²) < 4.78 is 49.3. The summed E-state index contributed by atoms with van der Waals surface area (Å²) in [5.41, 5.74) is 1.24. The summed E-state index contributed by atoms with van der Waals surface area (Å²) in [6.45, 7) is 4.61. The Morgan fingerprint density at radius 1 is 1.00 bits per heavy atom. The van der Waals surface area contributed by atoms with Crippen LogP contribution in [0.15, 0.2) is 30.3 Å². The Kier molecular flexibility index (Phi) is 6.59. The van der Waals surface area contributed by atoms with Crippen molar-refractivity contribution >= 4 is 0 Å². The number of benzene rings is 2. The molecule has 0 aromatic heterocycles. The predicted molar refractivity (Wildman–Crippen MR) is 102 cm³/mol. The van der Waals surface area contributed by atoms with Gasteiger partial charge in [0.25, 0.3) is 0 Å². The van der Waals surface area contributed by atoms with Crippen molar-refractivity contribution in [3.05, 3.63) is 58.9 Å². The predicted octanol–water partition coefficient (Wildman–Crippen LogP) is 6.99. The molecule has 1 saturated heterocycles. The van der Waals surface area contributed by atoms with Crippen LogP contribution >= 0.6 is 0 Å². The maximum Gasteiger partial charge on any atom is 0.167 e. The van der Waals surface area contributed by atoms with Crippen LogP contribution in [0.25, 0.3) is 11.1 Å². The van der Waals surface area contributed by atoms with Crippen LogP contribution in [-0.2, 0) is 11.2 Å². The lowest BCUT2D eigenvalue weighted by atomic mass is 9.90. The number of hydrogen-bond acceptors (Lipinski definition) is 1. The molecule has 2 aromatic rings. The molecule has 0 spiro atoms. The Labute approximate surface area is 159 Å². The molecule has 2 unspecified atom stereocenters. The Morgan fingerprint density at radius 2 is 1.81 bits per heavy atom. The van der Waals surface area contributed by atoms with Crippen molar-refractivity contribution < 1.29 is 17.9 Å². The van der Waals surface area contributed by atoms with E-state index in [4.69, 9.17) is 4.74 Å². The average molecular weight is 376 g/mol. The first-order valence-corrected chi connectivity index (χ1v) is 9.93. The summed E-state index contributed by atoms with van der Waals surface area (Å²) in [6.07, 6.45) is 5.26. The number of rotatable bonds is 6. The van der Waals surface area contributed by atoms with Crippen molar-refractivity contribution in [2.75, 3.05) is 6.61 Å². The minimum absolute atomic E-state index is 0.0782. The third kappa shape index (κ3) is 4.37. The molecule has 0 aliphatic carbocycles. The van der Waals surface area contributed by atoms with Gasteiger partial charge in [-0.2, -0.15) is 0 Å². The van der Waals surface area contributed by atoms with E-state index in [1.54, 1.807) is 18.2 Å². The summed E-state index contributed by atoms with van der Waals surface area (Å²) in [6, 6.07) is 7.63. The largest absolute Gasteiger partial charge is 0.373 e. The zero-order chi connectivity index (χ0) is 19.4. The second-order valence-electron chi connectivity index (χ2n) is 7.40. The highest BCUT2D eigenvalue weighted by Gasteiger charge is 2.27. The van der Waals surface area contributed by atoms with Gasteiger partial charge in [0.05, 0.1) is 12.7 Å². The van der Waals surface area contributed by atoms with Crippen LogP contribution < -0.4 is 0 Å². The summed E-state index contributed by atoms with van der Waals surface area (Å²) in [5.74, 6) is -1.71. The van der Waals surface area contributed by atoms with Gasteiger partial charge in [-0.1, -0.05) is 51.0 Å². The molecule has 146 valence electrons. The fourth-order valence-electron chi connectivity index (χ4n) is 3.81. The van der Waals surface area contributed by atoms with Crippen molar-refractivity contribution in [3.8, 4) is 11.1 Å². The van der Waals surface area contributed by atoms with Crippen molar-refractivity contribution in [1.29, 1.82) is 0 Å². The molecule has 4 heteroatoms. The van der Waals surface area contributed by atoms with E-state index in [2.05, 4.69) is 6.92 Å². The average Bonchev–Trinajstić information content (AvgIpc) is 2.69. The lowest BCUT2D eigenvalue weighted by Crippen LogP contribution is -2.21. The molecule has 0 N–H and O–H groups in total. The number of hydrogen-bond donors (Lipinski definition) is 0. The van der Waals surface area contributed by atoms with E-state index in [9.17, 15) is 13.2 Å². The second-order valence-corrected chi connectivity index (χ2v) is 7.40. The first kappa shape index (κ1) is 19.9. The topological polar surface area (TPSA) is 9.23 Å². The molecule has 0 saturated carbocycles. The third-order valence-electron chi connectivity index (χ3n) is 5.54. The lowest BCUT2D eigenvalue weighted by molar-refractivity contribution is -0.0217. The molecule has 0 radical (unpaired) electrons. The molecule has 0 amide bonds. The highest BCUT2D eigenvalue weighted by atomic mass is 19.2. The van der Waals surface area contributed by atoms with Gasteiger partial charge in [-0.3, -0.25) is 0 Å². The molecule has 2 atom stereocenters. The van der Waals surface area contributed by atoms with Crippen molar-refractivity contribution in [2.45, 2.75) is 58.5 Å². The van der Waals surface area contributed by atoms with Crippen LogP contribution in [0.1, 0.15) is 63.2 Å². The van der Waals surface area contributed by atoms with E-state index < -0.39 is 23.6 Å². The van der Waals surface area contributed by atoms with Gasteiger partial charge in [0.1, 0.15) is 5.82 Å². The van der Waals surface area contributed by atoms with Gasteiger partial charge >= 0.3 is 0 Å². The molecule has 1 nitrogen and oxygen atoms in total. The van der Waals surface area contributed by atoms with Crippen molar-refractivity contribution in [3.63, 3.8) is 0 Å². The van der Waals surface area contributed by atoms with Gasteiger partial charge in [0.2, 0.25) is 0 Å². The number of ether oxygens (including phenoxy) is 1. The van der Waals surface area contributed by atoms with Gasteiger partial charge in [-0.25, -0.2) is 13.2 Å². The van der Waals surface area contributed by atoms with Crippen LogP contribution in [0, 0.1) is 23.4 Å². The van der Waals surface area contributed by atoms with E-state index >= 15 is 0 Å². The Bertz CT molecular complexity index is 779. The molecular weight excluding hydrogens is 349 g/mol. The molecule has 1 heterocycles. The smallest absolute Gasteiger partial charge is 0.167 e. The monoisotopic (exact) mass is 376 g/mol. The molecule has 2 aromatic carbocycles. The Hall–Kier alpha value is -1.81. The molecular formula is C23H27F3O. The highest BCUT2D eigenvalue weighted by molar-refractivity contribution is 5.65. The maximum atomic E-state index is 14.7. The van der Waals surface area contributed by atoms with Crippen LogP contribution in [0.5, 0.6) is 0 Å². The molecule has 1 aliphatic heterocycles. The standard InChI is InChI=1S/C23H27F3O/c1-3-5-6-15-7-12-21(27-14-15)19-11-10-18(22(25)23(19)26)17-9-8-16(4-2)20(24)13-17/h8-11,13,15,21H,3-7,12,14H2,1-2H3. The fraction of sp³-hybridized carbons (Fsp3) is 0.478. The summed E-state index contributed by atoms with van der Waals surface area (Å²) in [4.78, 5) is 0. The van der Waals surface area contributed by atoms with Gasteiger partial charge < -0.3 is 4.74 Å². The second kappa shape index (κ2) is 8.92. The van der Waals surface area contributed by atoms with Crippen LogP contribution in [0.3, 0.4) is 0 Å². The van der Waals surface area contributed by atoms with E-state index in [1.165, 1.54) is 18.6 Å². The Balaban J connectivity index is 1.79. The number of halogens is 3. The normalized spacial score (nSPS) is 20.0.